The number of carbonyl (C=O) groups excluding carboxylic acids is 2. The molecule has 1 aliphatic heterocycles. The first kappa shape index (κ1) is 24.5. The molecule has 2 aromatic carbocycles. The summed E-state index contributed by atoms with van der Waals surface area (Å²) in [4.78, 5) is 30.0. The minimum atomic E-state index is -0.280. The van der Waals surface area contributed by atoms with Gasteiger partial charge in [-0.15, -0.1) is 0 Å². The molecular formula is C27H34N2O4. The average molecular weight is 451 g/mol. The molecule has 0 N–H and O–H groups in total. The van der Waals surface area contributed by atoms with E-state index in [1.165, 1.54) is 4.90 Å². The van der Waals surface area contributed by atoms with Crippen molar-refractivity contribution in [3.05, 3.63) is 65.9 Å². The molecule has 0 spiro atoms. The first-order chi connectivity index (χ1) is 15.9. The van der Waals surface area contributed by atoms with E-state index in [1.54, 1.807) is 4.90 Å². The van der Waals surface area contributed by atoms with Gasteiger partial charge in [-0.25, -0.2) is 0 Å². The summed E-state index contributed by atoms with van der Waals surface area (Å²) in [5, 5.41) is 0. The second-order valence-electron chi connectivity index (χ2n) is 8.39. The molecule has 176 valence electrons. The van der Waals surface area contributed by atoms with Crippen molar-refractivity contribution in [3.8, 4) is 5.75 Å². The van der Waals surface area contributed by atoms with Crippen LogP contribution in [0, 0.1) is 0 Å². The maximum atomic E-state index is 13.4. The van der Waals surface area contributed by atoms with Crippen LogP contribution in [0.2, 0.25) is 0 Å². The van der Waals surface area contributed by atoms with Crippen LogP contribution in [0.3, 0.4) is 0 Å². The van der Waals surface area contributed by atoms with Gasteiger partial charge in [-0.1, -0.05) is 43.7 Å². The van der Waals surface area contributed by atoms with Gasteiger partial charge in [0.2, 0.25) is 0 Å². The molecule has 1 heterocycles. The van der Waals surface area contributed by atoms with E-state index in [2.05, 4.69) is 6.92 Å². The summed E-state index contributed by atoms with van der Waals surface area (Å²) in [6, 6.07) is 17.0. The Bertz CT molecular complexity index is 967. The lowest BCUT2D eigenvalue weighted by Gasteiger charge is -2.21. The number of unbranched alkanes of at least 4 members (excludes halogenated alkanes) is 1. The van der Waals surface area contributed by atoms with Gasteiger partial charge in [-0.3, -0.25) is 14.5 Å². The molecule has 0 radical (unpaired) electrons. The summed E-state index contributed by atoms with van der Waals surface area (Å²) >= 11 is 0. The van der Waals surface area contributed by atoms with E-state index < -0.39 is 0 Å². The van der Waals surface area contributed by atoms with Crippen molar-refractivity contribution in [1.82, 2.24) is 4.90 Å². The Morgan fingerprint density at radius 3 is 2.21 bits per heavy atom. The van der Waals surface area contributed by atoms with Gasteiger partial charge < -0.3 is 14.4 Å². The lowest BCUT2D eigenvalue weighted by molar-refractivity contribution is -0.137. The largest absolute Gasteiger partial charge is 0.491 e. The standard InChI is InChI=1S/C27H34N2O4/c1-5-6-18-32-19-10-17-29-26(30)24(21-13-15-23(16-14-21)33-20(2)3)25(27(29)31)28(4)22-11-8-7-9-12-22/h7-9,11-16,20H,5-6,10,17-19H2,1-4H3. The van der Waals surface area contributed by atoms with Crippen LogP contribution in [0.1, 0.15) is 45.6 Å². The quantitative estimate of drug-likeness (QED) is 0.340. The van der Waals surface area contributed by atoms with Crippen LogP contribution in [0.15, 0.2) is 60.3 Å². The number of imide groups is 1. The topological polar surface area (TPSA) is 59.1 Å². The lowest BCUT2D eigenvalue weighted by atomic mass is 10.0. The van der Waals surface area contributed by atoms with E-state index in [0.717, 1.165) is 24.3 Å². The highest BCUT2D eigenvalue weighted by atomic mass is 16.5. The number of likely N-dealkylation sites (N-methyl/N-ethyl adjacent to an activating group) is 1. The van der Waals surface area contributed by atoms with Crippen LogP contribution in [0.4, 0.5) is 5.69 Å². The predicted octanol–water partition coefficient (Wildman–Crippen LogP) is 4.90. The number of hydrogen-bond acceptors (Lipinski definition) is 5. The zero-order valence-electron chi connectivity index (χ0n) is 20.0. The van der Waals surface area contributed by atoms with Crippen molar-refractivity contribution in [3.63, 3.8) is 0 Å². The molecule has 2 aromatic rings. The average Bonchev–Trinajstić information content (AvgIpc) is 3.06. The first-order valence-electron chi connectivity index (χ1n) is 11.7. The molecule has 0 aliphatic carbocycles. The number of nitrogens with zero attached hydrogens (tertiary/aromatic N) is 2. The van der Waals surface area contributed by atoms with Crippen molar-refractivity contribution >= 4 is 23.1 Å². The van der Waals surface area contributed by atoms with E-state index in [-0.39, 0.29) is 17.9 Å². The third-order valence-corrected chi connectivity index (χ3v) is 5.45. The number of amides is 2. The van der Waals surface area contributed by atoms with E-state index in [0.29, 0.717) is 43.0 Å². The molecule has 33 heavy (non-hydrogen) atoms. The highest BCUT2D eigenvalue weighted by molar-refractivity contribution is 6.36. The molecule has 0 saturated carbocycles. The van der Waals surface area contributed by atoms with Crippen LogP contribution in [0.25, 0.3) is 5.57 Å². The van der Waals surface area contributed by atoms with Crippen molar-refractivity contribution in [2.45, 2.75) is 46.1 Å². The Morgan fingerprint density at radius 1 is 0.909 bits per heavy atom. The molecule has 6 heteroatoms. The second kappa shape index (κ2) is 11.7. The van der Waals surface area contributed by atoms with Gasteiger partial charge in [-0.2, -0.15) is 0 Å². The monoisotopic (exact) mass is 450 g/mol. The number of rotatable bonds is 12. The fourth-order valence-corrected chi connectivity index (χ4v) is 3.76. The molecule has 0 saturated heterocycles. The van der Waals surface area contributed by atoms with Gasteiger partial charge >= 0.3 is 0 Å². The maximum absolute atomic E-state index is 13.4. The second-order valence-corrected chi connectivity index (χ2v) is 8.39. The van der Waals surface area contributed by atoms with E-state index in [1.807, 2.05) is 75.5 Å². The van der Waals surface area contributed by atoms with Crippen molar-refractivity contribution < 1.29 is 19.1 Å². The Morgan fingerprint density at radius 2 is 1.58 bits per heavy atom. The van der Waals surface area contributed by atoms with E-state index >= 15 is 0 Å². The number of para-hydroxylation sites is 1. The molecule has 0 fully saturated rings. The summed E-state index contributed by atoms with van der Waals surface area (Å²) in [6.07, 6.45) is 2.75. The Kier molecular flexibility index (Phi) is 8.66. The van der Waals surface area contributed by atoms with Crippen molar-refractivity contribution in [1.29, 1.82) is 0 Å². The Labute approximate surface area is 196 Å². The minimum Gasteiger partial charge on any atom is -0.491 e. The fourth-order valence-electron chi connectivity index (χ4n) is 3.76. The number of benzene rings is 2. The van der Waals surface area contributed by atoms with Gasteiger partial charge in [0, 0.05) is 32.5 Å². The molecular weight excluding hydrogens is 416 g/mol. The highest BCUT2D eigenvalue weighted by Gasteiger charge is 2.40. The summed E-state index contributed by atoms with van der Waals surface area (Å²) in [6.45, 7) is 7.60. The van der Waals surface area contributed by atoms with Crippen LogP contribution >= 0.6 is 0 Å². The molecule has 0 unspecified atom stereocenters. The normalized spacial score (nSPS) is 13.9. The summed E-state index contributed by atoms with van der Waals surface area (Å²) < 4.78 is 11.4. The minimum absolute atomic E-state index is 0.0552. The SMILES string of the molecule is CCCCOCCCN1C(=O)C(c2ccc(OC(C)C)cc2)=C(N(C)c2ccccc2)C1=O. The molecule has 3 rings (SSSR count). The number of ether oxygens (including phenoxy) is 2. The molecule has 0 aromatic heterocycles. The Hall–Kier alpha value is -3.12. The number of carbonyl (C=O) groups is 2. The van der Waals surface area contributed by atoms with Gasteiger partial charge in [0.1, 0.15) is 11.4 Å². The zero-order chi connectivity index (χ0) is 23.8. The van der Waals surface area contributed by atoms with Gasteiger partial charge in [0.15, 0.2) is 0 Å². The molecule has 6 nitrogen and oxygen atoms in total. The predicted molar refractivity (Wildman–Crippen MR) is 131 cm³/mol. The molecule has 1 aliphatic rings. The summed E-state index contributed by atoms with van der Waals surface area (Å²) in [5.74, 6) is 0.173. The van der Waals surface area contributed by atoms with Crippen LogP contribution in [0.5, 0.6) is 5.75 Å². The van der Waals surface area contributed by atoms with E-state index in [9.17, 15) is 9.59 Å². The van der Waals surface area contributed by atoms with Crippen molar-refractivity contribution in [2.24, 2.45) is 0 Å². The number of hydrogen-bond donors (Lipinski definition) is 0. The summed E-state index contributed by atoms with van der Waals surface area (Å²) in [5.41, 5.74) is 2.34. The van der Waals surface area contributed by atoms with Crippen LogP contribution in [-0.2, 0) is 14.3 Å². The Balaban J connectivity index is 1.87. The van der Waals surface area contributed by atoms with Gasteiger partial charge in [0.25, 0.3) is 11.8 Å². The van der Waals surface area contributed by atoms with Crippen LogP contribution < -0.4 is 9.64 Å². The zero-order valence-corrected chi connectivity index (χ0v) is 20.0. The van der Waals surface area contributed by atoms with Gasteiger partial charge in [0.05, 0.1) is 11.7 Å². The lowest BCUT2D eigenvalue weighted by Crippen LogP contribution is -2.35. The third kappa shape index (κ3) is 6.02. The van der Waals surface area contributed by atoms with Crippen LogP contribution in [-0.4, -0.2) is 49.6 Å². The molecule has 0 bridgehead atoms. The number of anilines is 1. The molecule has 0 atom stereocenters. The molecule has 2 amide bonds. The van der Waals surface area contributed by atoms with E-state index in [4.69, 9.17) is 9.47 Å². The third-order valence-electron chi connectivity index (χ3n) is 5.45. The smallest absolute Gasteiger partial charge is 0.278 e. The first-order valence-corrected chi connectivity index (χ1v) is 11.7. The van der Waals surface area contributed by atoms with Gasteiger partial charge in [-0.05, 0) is 56.5 Å². The highest BCUT2D eigenvalue weighted by Crippen LogP contribution is 2.34. The van der Waals surface area contributed by atoms with Crippen molar-refractivity contribution in [2.75, 3.05) is 31.7 Å². The fraction of sp³-hybridized carbons (Fsp3) is 0.407. The summed E-state index contributed by atoms with van der Waals surface area (Å²) in [7, 11) is 1.82. The maximum Gasteiger partial charge on any atom is 0.278 e.